The number of thiocarbonyl (C=S) groups is 1. The minimum absolute atomic E-state index is 0.128. The van der Waals surface area contributed by atoms with Gasteiger partial charge in [0, 0.05) is 25.1 Å². The van der Waals surface area contributed by atoms with Crippen molar-refractivity contribution in [2.45, 2.75) is 25.3 Å². The predicted molar refractivity (Wildman–Crippen MR) is 154 cm³/mol. The molecule has 38 heavy (non-hydrogen) atoms. The number of nitrogen functional groups attached to an aromatic ring is 1. The molecule has 6 rings (SSSR count). The molecule has 0 bridgehead atoms. The zero-order valence-corrected chi connectivity index (χ0v) is 21.7. The van der Waals surface area contributed by atoms with Gasteiger partial charge < -0.3 is 15.4 Å². The van der Waals surface area contributed by atoms with Crippen LogP contribution in [0, 0.1) is 0 Å². The van der Waals surface area contributed by atoms with Crippen LogP contribution >= 0.6 is 12.2 Å². The lowest BCUT2D eigenvalue weighted by Crippen LogP contribution is -2.40. The normalized spacial score (nSPS) is 15.5. The highest BCUT2D eigenvalue weighted by atomic mass is 32.1. The Morgan fingerprint density at radius 2 is 1.63 bits per heavy atom. The highest BCUT2D eigenvalue weighted by molar-refractivity contribution is 7.80. The summed E-state index contributed by atoms with van der Waals surface area (Å²) in [7, 11) is 0. The Morgan fingerprint density at radius 1 is 0.921 bits per heavy atom. The van der Waals surface area contributed by atoms with Crippen molar-refractivity contribution in [3.05, 3.63) is 96.8 Å². The van der Waals surface area contributed by atoms with Crippen LogP contribution in [-0.2, 0) is 6.42 Å². The first-order chi connectivity index (χ1) is 18.7. The van der Waals surface area contributed by atoms with Crippen molar-refractivity contribution in [2.75, 3.05) is 18.8 Å². The summed E-state index contributed by atoms with van der Waals surface area (Å²) in [5.74, 6) is 1.97. The molecule has 1 atom stereocenters. The zero-order chi connectivity index (χ0) is 25.9. The third kappa shape index (κ3) is 4.95. The second kappa shape index (κ2) is 10.6. The first kappa shape index (κ1) is 24.1. The largest absolute Gasteiger partial charge is 0.457 e. The molecular weight excluding hydrogens is 492 g/mol. The van der Waals surface area contributed by atoms with E-state index in [1.165, 1.54) is 11.9 Å². The molecule has 2 aromatic heterocycles. The Bertz CT molecular complexity index is 1550. The monoisotopic (exact) mass is 520 g/mol. The number of ether oxygens (including phenoxy) is 1. The van der Waals surface area contributed by atoms with Crippen LogP contribution in [0.1, 0.15) is 24.4 Å². The van der Waals surface area contributed by atoms with E-state index in [1.807, 2.05) is 65.3 Å². The fourth-order valence-electron chi connectivity index (χ4n) is 5.02. The van der Waals surface area contributed by atoms with Crippen molar-refractivity contribution >= 4 is 34.1 Å². The fraction of sp³-hybridized carbons (Fsp3) is 0.200. The van der Waals surface area contributed by atoms with Crippen molar-refractivity contribution in [1.29, 1.82) is 0 Å². The molecule has 0 radical (unpaired) electrons. The van der Waals surface area contributed by atoms with Crippen LogP contribution in [0.2, 0.25) is 0 Å². The number of anilines is 1. The molecule has 0 saturated carbocycles. The highest BCUT2D eigenvalue weighted by Gasteiger charge is 2.27. The molecule has 3 aromatic carbocycles. The minimum Gasteiger partial charge on any atom is -0.457 e. The highest BCUT2D eigenvalue weighted by Crippen LogP contribution is 2.35. The van der Waals surface area contributed by atoms with Crippen molar-refractivity contribution in [3.63, 3.8) is 0 Å². The van der Waals surface area contributed by atoms with E-state index in [9.17, 15) is 0 Å². The van der Waals surface area contributed by atoms with Gasteiger partial charge in [0.05, 0.1) is 16.4 Å². The Labute approximate surface area is 226 Å². The third-order valence-corrected chi connectivity index (χ3v) is 7.32. The van der Waals surface area contributed by atoms with Crippen LogP contribution in [0.3, 0.4) is 0 Å². The number of benzene rings is 3. The molecule has 190 valence electrons. The van der Waals surface area contributed by atoms with Gasteiger partial charge in [0.1, 0.15) is 29.3 Å². The maximum Gasteiger partial charge on any atom is 0.164 e. The molecule has 7 nitrogen and oxygen atoms in total. The number of aromatic nitrogens is 4. The summed E-state index contributed by atoms with van der Waals surface area (Å²) in [6, 6.07) is 28.1. The molecule has 0 amide bonds. The van der Waals surface area contributed by atoms with Crippen molar-refractivity contribution in [1.82, 2.24) is 24.6 Å². The molecule has 0 spiro atoms. The smallest absolute Gasteiger partial charge is 0.164 e. The summed E-state index contributed by atoms with van der Waals surface area (Å²) in [5.41, 5.74) is 10.1. The van der Waals surface area contributed by atoms with Crippen LogP contribution in [0.5, 0.6) is 11.5 Å². The lowest BCUT2D eigenvalue weighted by Gasteiger charge is -2.34. The Morgan fingerprint density at radius 3 is 2.39 bits per heavy atom. The van der Waals surface area contributed by atoms with Gasteiger partial charge in [-0.15, -0.1) is 0 Å². The van der Waals surface area contributed by atoms with Crippen molar-refractivity contribution < 1.29 is 4.74 Å². The Balaban J connectivity index is 1.28. The lowest BCUT2D eigenvalue weighted by atomic mass is 10.0. The molecule has 1 aliphatic heterocycles. The van der Waals surface area contributed by atoms with Crippen molar-refractivity contribution in [2.24, 2.45) is 0 Å². The average Bonchev–Trinajstić information content (AvgIpc) is 3.36. The molecule has 1 saturated heterocycles. The van der Waals surface area contributed by atoms with E-state index in [0.29, 0.717) is 5.82 Å². The summed E-state index contributed by atoms with van der Waals surface area (Å²) < 4.78 is 7.99. The summed E-state index contributed by atoms with van der Waals surface area (Å²) in [6.07, 6.45) is 4.30. The average molecular weight is 521 g/mol. The molecule has 8 heteroatoms. The number of piperidine rings is 1. The first-order valence-electron chi connectivity index (χ1n) is 12.8. The molecule has 2 N–H and O–H groups in total. The Hall–Kier alpha value is -4.30. The molecule has 3 heterocycles. The molecule has 0 unspecified atom stereocenters. The van der Waals surface area contributed by atoms with E-state index in [-0.39, 0.29) is 6.04 Å². The summed E-state index contributed by atoms with van der Waals surface area (Å²) in [5, 5.41) is 5.83. The fourth-order valence-corrected chi connectivity index (χ4v) is 5.35. The Kier molecular flexibility index (Phi) is 6.71. The van der Waals surface area contributed by atoms with Crippen LogP contribution < -0.4 is 10.5 Å². The molecule has 0 aliphatic carbocycles. The number of para-hydroxylation sites is 1. The number of hydrogen-bond acceptors (Lipinski definition) is 6. The number of nitrogens with zero attached hydrogens (tertiary/aromatic N) is 5. The van der Waals surface area contributed by atoms with E-state index in [4.69, 9.17) is 27.8 Å². The van der Waals surface area contributed by atoms with Crippen LogP contribution in [-0.4, -0.2) is 42.7 Å². The van der Waals surface area contributed by atoms with Gasteiger partial charge >= 0.3 is 0 Å². The second-order valence-corrected chi connectivity index (χ2v) is 9.96. The number of fused-ring (bicyclic) bond motifs is 1. The lowest BCUT2D eigenvalue weighted by molar-refractivity contribution is 0.251. The van der Waals surface area contributed by atoms with Crippen LogP contribution in [0.25, 0.3) is 22.3 Å². The molecule has 1 fully saturated rings. The number of nitrogens with two attached hydrogens (primary N) is 1. The van der Waals surface area contributed by atoms with Gasteiger partial charge in [-0.25, -0.2) is 14.6 Å². The molecular formula is C30H28N6OS. The van der Waals surface area contributed by atoms with Gasteiger partial charge in [0.25, 0.3) is 0 Å². The number of likely N-dealkylation sites (tertiary alicyclic amines) is 1. The SMILES string of the molecule is Nc1ncnc2c1c(-c1ccc(Oc3ccccc3)cc1)nn2[C@H]1CCCN(C(=S)Cc2ccccc2)C1. The van der Waals surface area contributed by atoms with E-state index < -0.39 is 0 Å². The second-order valence-electron chi connectivity index (χ2n) is 9.49. The van der Waals surface area contributed by atoms with E-state index in [0.717, 1.165) is 71.1 Å². The standard InChI is InChI=1S/C30H28N6OS/c31-29-27-28(22-13-15-25(16-14-22)37-24-11-5-2-6-12-24)34-36(30(27)33-20-32-29)23-10-7-17-35(19-23)26(38)18-21-8-3-1-4-9-21/h1-6,8-9,11-16,20,23H,7,10,17-19H2,(H2,31,32,33)/t23-/m0/s1. The van der Waals surface area contributed by atoms with E-state index in [1.54, 1.807) is 0 Å². The first-order valence-corrected chi connectivity index (χ1v) is 13.2. The summed E-state index contributed by atoms with van der Waals surface area (Å²) >= 11 is 5.86. The van der Waals surface area contributed by atoms with Crippen LogP contribution in [0.15, 0.2) is 91.3 Å². The summed E-state index contributed by atoms with van der Waals surface area (Å²) in [6.45, 7) is 1.74. The number of hydrogen-bond donors (Lipinski definition) is 1. The summed E-state index contributed by atoms with van der Waals surface area (Å²) in [4.78, 5) is 12.1. The molecule has 1 aliphatic rings. The van der Waals surface area contributed by atoms with Gasteiger partial charge in [-0.1, -0.05) is 60.7 Å². The van der Waals surface area contributed by atoms with Gasteiger partial charge in [0.15, 0.2) is 5.65 Å². The number of rotatable bonds is 6. The van der Waals surface area contributed by atoms with Gasteiger partial charge in [0.2, 0.25) is 0 Å². The van der Waals surface area contributed by atoms with E-state index >= 15 is 0 Å². The van der Waals surface area contributed by atoms with E-state index in [2.05, 4.69) is 39.1 Å². The zero-order valence-electron chi connectivity index (χ0n) is 20.9. The van der Waals surface area contributed by atoms with Gasteiger partial charge in [-0.3, -0.25) is 0 Å². The van der Waals surface area contributed by atoms with Crippen LogP contribution in [0.4, 0.5) is 5.82 Å². The maximum absolute atomic E-state index is 6.37. The quantitative estimate of drug-likeness (QED) is 0.272. The van der Waals surface area contributed by atoms with Gasteiger partial charge in [-0.05, 0) is 54.8 Å². The minimum atomic E-state index is 0.128. The maximum atomic E-state index is 6.37. The topological polar surface area (TPSA) is 82.1 Å². The molecule has 5 aromatic rings. The van der Waals surface area contributed by atoms with Gasteiger partial charge in [-0.2, -0.15) is 5.10 Å². The predicted octanol–water partition coefficient (Wildman–Crippen LogP) is 6.07. The third-order valence-electron chi connectivity index (χ3n) is 6.92. The van der Waals surface area contributed by atoms with Crippen molar-refractivity contribution in [3.8, 4) is 22.8 Å².